The Hall–Kier alpha value is -2.34. The van der Waals surface area contributed by atoms with Gasteiger partial charge in [-0.3, -0.25) is 0 Å². The summed E-state index contributed by atoms with van der Waals surface area (Å²) in [5, 5.41) is 8.94. The number of pyridine rings is 1. The molecule has 16 heavy (non-hydrogen) atoms. The molecular formula is C13H10N2O. The van der Waals surface area contributed by atoms with E-state index in [0.29, 0.717) is 5.69 Å². The highest BCUT2D eigenvalue weighted by Gasteiger charge is 2.04. The quantitative estimate of drug-likeness (QED) is 0.765. The minimum Gasteiger partial charge on any atom is -0.497 e. The molecule has 0 amide bonds. The van der Waals surface area contributed by atoms with Crippen molar-refractivity contribution in [2.24, 2.45) is 0 Å². The third-order valence-corrected chi connectivity index (χ3v) is 2.31. The molecule has 0 saturated heterocycles. The molecule has 0 atom stereocenters. The zero-order valence-electron chi connectivity index (χ0n) is 8.84. The summed E-state index contributed by atoms with van der Waals surface area (Å²) in [6, 6.07) is 13.3. The van der Waals surface area contributed by atoms with E-state index in [-0.39, 0.29) is 0 Å². The van der Waals surface area contributed by atoms with Gasteiger partial charge in [-0.1, -0.05) is 12.1 Å². The largest absolute Gasteiger partial charge is 0.497 e. The van der Waals surface area contributed by atoms with Gasteiger partial charge < -0.3 is 4.74 Å². The van der Waals surface area contributed by atoms with Gasteiger partial charge in [0.1, 0.15) is 17.5 Å². The van der Waals surface area contributed by atoms with Crippen LogP contribution in [0, 0.1) is 11.3 Å². The zero-order valence-corrected chi connectivity index (χ0v) is 8.84. The molecule has 0 bridgehead atoms. The highest BCUT2D eigenvalue weighted by Crippen LogP contribution is 2.23. The zero-order chi connectivity index (χ0) is 11.4. The van der Waals surface area contributed by atoms with Crippen LogP contribution in [0.3, 0.4) is 0 Å². The Labute approximate surface area is 93.9 Å². The smallest absolute Gasteiger partial charge is 0.148 e. The molecule has 0 radical (unpaired) electrons. The lowest BCUT2D eigenvalue weighted by Crippen LogP contribution is -1.88. The highest BCUT2D eigenvalue weighted by atomic mass is 16.5. The van der Waals surface area contributed by atoms with Crippen molar-refractivity contribution in [3.8, 4) is 22.9 Å². The Balaban J connectivity index is 2.47. The molecule has 0 aliphatic carbocycles. The van der Waals surface area contributed by atoms with Gasteiger partial charge in [0.2, 0.25) is 0 Å². The van der Waals surface area contributed by atoms with Crippen LogP contribution < -0.4 is 4.74 Å². The Morgan fingerprint density at radius 2 is 1.94 bits per heavy atom. The molecule has 3 heteroatoms. The Morgan fingerprint density at radius 3 is 2.56 bits per heavy atom. The van der Waals surface area contributed by atoms with Crippen molar-refractivity contribution < 1.29 is 4.74 Å². The van der Waals surface area contributed by atoms with E-state index < -0.39 is 0 Å². The number of hydrogen-bond donors (Lipinski definition) is 0. The van der Waals surface area contributed by atoms with E-state index in [1.807, 2.05) is 36.4 Å². The standard InChI is InChI=1S/C13H10N2O/c1-16-11-6-4-10(5-7-11)12-3-2-8-15-13(12)9-14/h2-8H,1H3. The van der Waals surface area contributed by atoms with E-state index in [0.717, 1.165) is 16.9 Å². The van der Waals surface area contributed by atoms with Crippen LogP contribution in [0.2, 0.25) is 0 Å². The van der Waals surface area contributed by atoms with Crippen molar-refractivity contribution >= 4 is 0 Å². The van der Waals surface area contributed by atoms with E-state index in [9.17, 15) is 0 Å². The van der Waals surface area contributed by atoms with E-state index in [1.165, 1.54) is 0 Å². The normalized spacial score (nSPS) is 9.50. The third-order valence-electron chi connectivity index (χ3n) is 2.31. The molecule has 0 fully saturated rings. The maximum atomic E-state index is 8.94. The molecule has 0 spiro atoms. The molecule has 3 nitrogen and oxygen atoms in total. The van der Waals surface area contributed by atoms with Crippen molar-refractivity contribution in [2.45, 2.75) is 0 Å². The average Bonchev–Trinajstić information content (AvgIpc) is 2.39. The number of benzene rings is 1. The number of rotatable bonds is 2. The van der Waals surface area contributed by atoms with E-state index in [1.54, 1.807) is 13.3 Å². The number of nitrogens with zero attached hydrogens (tertiary/aromatic N) is 2. The summed E-state index contributed by atoms with van der Waals surface area (Å²) < 4.78 is 5.08. The molecule has 2 rings (SSSR count). The van der Waals surface area contributed by atoms with Gasteiger partial charge in [0.15, 0.2) is 0 Å². The van der Waals surface area contributed by atoms with Crippen LogP contribution >= 0.6 is 0 Å². The highest BCUT2D eigenvalue weighted by molar-refractivity contribution is 5.68. The fourth-order valence-corrected chi connectivity index (χ4v) is 1.50. The average molecular weight is 210 g/mol. The molecule has 0 saturated carbocycles. The van der Waals surface area contributed by atoms with Gasteiger partial charge in [0.05, 0.1) is 7.11 Å². The summed E-state index contributed by atoms with van der Waals surface area (Å²) in [6.07, 6.45) is 1.62. The first-order valence-corrected chi connectivity index (χ1v) is 4.84. The van der Waals surface area contributed by atoms with Crippen LogP contribution in [-0.2, 0) is 0 Å². The molecule has 0 unspecified atom stereocenters. The summed E-state index contributed by atoms with van der Waals surface area (Å²) in [5.41, 5.74) is 2.24. The number of aromatic nitrogens is 1. The molecule has 2 aromatic rings. The first kappa shape index (κ1) is 10.2. The number of ether oxygens (including phenoxy) is 1. The maximum Gasteiger partial charge on any atom is 0.148 e. The summed E-state index contributed by atoms with van der Waals surface area (Å²) in [6.45, 7) is 0. The first-order valence-electron chi connectivity index (χ1n) is 4.84. The molecule has 0 aliphatic heterocycles. The van der Waals surface area contributed by atoms with Gasteiger partial charge in [-0.15, -0.1) is 0 Å². The van der Waals surface area contributed by atoms with Gasteiger partial charge in [0.25, 0.3) is 0 Å². The molecular weight excluding hydrogens is 200 g/mol. The number of methoxy groups -OCH3 is 1. The van der Waals surface area contributed by atoms with Crippen LogP contribution in [-0.4, -0.2) is 12.1 Å². The predicted octanol–water partition coefficient (Wildman–Crippen LogP) is 2.63. The van der Waals surface area contributed by atoms with Crippen molar-refractivity contribution in [1.82, 2.24) is 4.98 Å². The molecule has 1 aromatic heterocycles. The van der Waals surface area contributed by atoms with Gasteiger partial charge in [0, 0.05) is 11.8 Å². The van der Waals surface area contributed by atoms with Crippen LogP contribution in [0.4, 0.5) is 0 Å². The van der Waals surface area contributed by atoms with Crippen molar-refractivity contribution in [3.05, 3.63) is 48.3 Å². The monoisotopic (exact) mass is 210 g/mol. The Bertz CT molecular complexity index is 526. The number of nitriles is 1. The summed E-state index contributed by atoms with van der Waals surface area (Å²) in [4.78, 5) is 4.02. The molecule has 0 aliphatic rings. The van der Waals surface area contributed by atoms with E-state index in [2.05, 4.69) is 11.1 Å². The lowest BCUT2D eigenvalue weighted by Gasteiger charge is -2.04. The second-order valence-electron chi connectivity index (χ2n) is 3.24. The lowest BCUT2D eigenvalue weighted by molar-refractivity contribution is 0.415. The molecule has 78 valence electrons. The first-order chi connectivity index (χ1) is 7.85. The van der Waals surface area contributed by atoms with Crippen LogP contribution in [0.15, 0.2) is 42.6 Å². The third kappa shape index (κ3) is 1.86. The summed E-state index contributed by atoms with van der Waals surface area (Å²) >= 11 is 0. The minimum absolute atomic E-state index is 0.438. The summed E-state index contributed by atoms with van der Waals surface area (Å²) in [5.74, 6) is 0.797. The second-order valence-corrected chi connectivity index (χ2v) is 3.24. The Morgan fingerprint density at radius 1 is 1.19 bits per heavy atom. The van der Waals surface area contributed by atoms with Gasteiger partial charge in [-0.2, -0.15) is 5.26 Å². The topological polar surface area (TPSA) is 45.9 Å². The molecule has 1 aromatic carbocycles. The minimum atomic E-state index is 0.438. The second kappa shape index (κ2) is 4.45. The van der Waals surface area contributed by atoms with Crippen molar-refractivity contribution in [1.29, 1.82) is 5.26 Å². The lowest BCUT2D eigenvalue weighted by atomic mass is 10.0. The predicted molar refractivity (Wildman–Crippen MR) is 60.9 cm³/mol. The van der Waals surface area contributed by atoms with Gasteiger partial charge >= 0.3 is 0 Å². The van der Waals surface area contributed by atoms with Crippen molar-refractivity contribution in [2.75, 3.05) is 7.11 Å². The van der Waals surface area contributed by atoms with Gasteiger partial charge in [-0.25, -0.2) is 4.98 Å². The molecule has 0 N–H and O–H groups in total. The fourth-order valence-electron chi connectivity index (χ4n) is 1.50. The van der Waals surface area contributed by atoms with Crippen molar-refractivity contribution in [3.63, 3.8) is 0 Å². The van der Waals surface area contributed by atoms with Crippen LogP contribution in [0.1, 0.15) is 5.69 Å². The maximum absolute atomic E-state index is 8.94. The fraction of sp³-hybridized carbons (Fsp3) is 0.0769. The molecule has 1 heterocycles. The van der Waals surface area contributed by atoms with Crippen LogP contribution in [0.5, 0.6) is 5.75 Å². The van der Waals surface area contributed by atoms with Gasteiger partial charge in [-0.05, 0) is 29.8 Å². The Kier molecular flexibility index (Phi) is 2.84. The number of hydrogen-bond acceptors (Lipinski definition) is 3. The van der Waals surface area contributed by atoms with Crippen LogP contribution in [0.25, 0.3) is 11.1 Å². The SMILES string of the molecule is COc1ccc(-c2cccnc2C#N)cc1. The summed E-state index contributed by atoms with van der Waals surface area (Å²) in [7, 11) is 1.62. The van der Waals surface area contributed by atoms with E-state index >= 15 is 0 Å². The van der Waals surface area contributed by atoms with E-state index in [4.69, 9.17) is 10.00 Å².